The summed E-state index contributed by atoms with van der Waals surface area (Å²) < 4.78 is 6.66. The molecule has 2 atom stereocenters. The fraction of sp³-hybridized carbons (Fsp3) is 0.105. The smallest absolute Gasteiger partial charge is 0.205 e. The monoisotopic (exact) mass is 377 g/mol. The van der Waals surface area contributed by atoms with Crippen LogP contribution in [0.15, 0.2) is 59.3 Å². The third kappa shape index (κ3) is 2.27. The third-order valence-corrected chi connectivity index (χ3v) is 4.83. The quantitative estimate of drug-likeness (QED) is 0.671. The minimum absolute atomic E-state index is 0.0109. The molecule has 2 unspecified atom stereocenters. The van der Waals surface area contributed by atoms with E-state index >= 15 is 0 Å². The molecule has 5 heteroatoms. The average molecular weight is 378 g/mol. The molecule has 0 amide bonds. The van der Waals surface area contributed by atoms with Gasteiger partial charge < -0.3 is 4.74 Å². The van der Waals surface area contributed by atoms with Crippen molar-refractivity contribution in [2.75, 3.05) is 0 Å². The van der Waals surface area contributed by atoms with E-state index in [4.69, 9.17) is 10.1 Å². The second kappa shape index (κ2) is 5.73. The lowest BCUT2D eigenvalue weighted by molar-refractivity contribution is 0.453. The van der Waals surface area contributed by atoms with Crippen LogP contribution in [-0.2, 0) is 0 Å². The van der Waals surface area contributed by atoms with E-state index < -0.39 is 5.92 Å². The van der Waals surface area contributed by atoms with Gasteiger partial charge in [0.05, 0.1) is 6.07 Å². The van der Waals surface area contributed by atoms with E-state index in [1.807, 2.05) is 42.5 Å². The van der Waals surface area contributed by atoms with Crippen LogP contribution in [0.2, 0.25) is 0 Å². The highest BCUT2D eigenvalue weighted by atomic mass is 79.9. The summed E-state index contributed by atoms with van der Waals surface area (Å²) >= 11 is 3.50. The van der Waals surface area contributed by atoms with Crippen molar-refractivity contribution in [3.63, 3.8) is 0 Å². The van der Waals surface area contributed by atoms with Gasteiger partial charge in [-0.1, -0.05) is 28.1 Å². The molecule has 4 nitrogen and oxygen atoms in total. The topological polar surface area (TPSA) is 69.8 Å². The number of nitriles is 1. The number of pyridine rings is 1. The minimum Gasteiger partial charge on any atom is -0.442 e. The number of halogens is 1. The molecule has 1 aromatic heterocycles. The summed E-state index contributed by atoms with van der Waals surface area (Å²) in [6, 6.07) is 15.9. The van der Waals surface area contributed by atoms with Crippen LogP contribution in [0.1, 0.15) is 17.0 Å². The molecule has 3 aromatic rings. The number of nitrogens with one attached hydrogen (secondary N) is 1. The number of nitrogens with zero attached hydrogens (tertiary/aromatic N) is 2. The van der Waals surface area contributed by atoms with E-state index in [2.05, 4.69) is 27.0 Å². The first-order chi connectivity index (χ1) is 11.7. The Bertz CT molecular complexity index is 995. The highest BCUT2D eigenvalue weighted by Crippen LogP contribution is 2.45. The van der Waals surface area contributed by atoms with Gasteiger partial charge in [-0.05, 0) is 46.7 Å². The molecule has 0 radical (unpaired) electrons. The molecular formula is C19H12BrN3O. The van der Waals surface area contributed by atoms with E-state index in [0.717, 1.165) is 26.4 Å². The van der Waals surface area contributed by atoms with Crippen LogP contribution in [0.3, 0.4) is 0 Å². The van der Waals surface area contributed by atoms with Gasteiger partial charge in [-0.3, -0.25) is 10.4 Å². The normalized spacial score (nSPS) is 19.4. The number of ether oxygens (including phenoxy) is 1. The van der Waals surface area contributed by atoms with Crippen molar-refractivity contribution in [1.82, 2.24) is 4.98 Å². The summed E-state index contributed by atoms with van der Waals surface area (Å²) in [5.74, 6) is -0.278. The van der Waals surface area contributed by atoms with Gasteiger partial charge in [-0.15, -0.1) is 0 Å². The Morgan fingerprint density at radius 2 is 1.92 bits per heavy atom. The van der Waals surface area contributed by atoms with Gasteiger partial charge in [0, 0.05) is 28.3 Å². The Morgan fingerprint density at radius 1 is 1.12 bits per heavy atom. The molecule has 24 heavy (non-hydrogen) atoms. The Kier molecular flexibility index (Phi) is 3.55. The van der Waals surface area contributed by atoms with Gasteiger partial charge in [0.25, 0.3) is 0 Å². The molecule has 1 N–H and O–H groups in total. The molecular weight excluding hydrogens is 366 g/mol. The lowest BCUT2D eigenvalue weighted by Crippen LogP contribution is -2.31. The van der Waals surface area contributed by atoms with Gasteiger partial charge in [-0.25, -0.2) is 0 Å². The molecule has 2 heterocycles. The molecule has 0 saturated carbocycles. The molecule has 0 bridgehead atoms. The maximum Gasteiger partial charge on any atom is 0.205 e. The molecule has 0 spiro atoms. The van der Waals surface area contributed by atoms with E-state index in [0.29, 0.717) is 5.75 Å². The molecule has 116 valence electrons. The third-order valence-electron chi connectivity index (χ3n) is 4.33. The second-order valence-electron chi connectivity index (χ2n) is 5.67. The predicted octanol–water partition coefficient (Wildman–Crippen LogP) is 4.64. The summed E-state index contributed by atoms with van der Waals surface area (Å²) in [5, 5.41) is 19.9. The zero-order chi connectivity index (χ0) is 16.7. The standard InChI is InChI=1S/C19H12BrN3O/c20-13-2-3-14-12(9-13)1-4-16-18(14)17(11-5-7-23-8-6-11)15(10-21)19(22)24-16/h1-9,15,17,22H. The first kappa shape index (κ1) is 14.9. The van der Waals surface area contributed by atoms with Gasteiger partial charge in [-0.2, -0.15) is 5.26 Å². The maximum atomic E-state index is 9.64. The number of aromatic nitrogens is 1. The van der Waals surface area contributed by atoms with E-state index in [1.54, 1.807) is 12.4 Å². The van der Waals surface area contributed by atoms with Crippen LogP contribution in [0, 0.1) is 22.7 Å². The molecule has 0 fully saturated rings. The molecule has 1 aliphatic rings. The molecule has 2 aromatic carbocycles. The van der Waals surface area contributed by atoms with Crippen molar-refractivity contribution in [3.8, 4) is 11.8 Å². The predicted molar refractivity (Wildman–Crippen MR) is 95.2 cm³/mol. The fourth-order valence-corrected chi connectivity index (χ4v) is 3.66. The number of hydrogen-bond acceptors (Lipinski definition) is 4. The van der Waals surface area contributed by atoms with Crippen LogP contribution in [0.5, 0.6) is 5.75 Å². The van der Waals surface area contributed by atoms with Crippen molar-refractivity contribution in [2.24, 2.45) is 5.92 Å². The van der Waals surface area contributed by atoms with E-state index in [1.165, 1.54) is 0 Å². The van der Waals surface area contributed by atoms with Crippen LogP contribution >= 0.6 is 15.9 Å². The van der Waals surface area contributed by atoms with Crippen LogP contribution < -0.4 is 4.74 Å². The van der Waals surface area contributed by atoms with Crippen molar-refractivity contribution >= 4 is 32.6 Å². The lowest BCUT2D eigenvalue weighted by atomic mass is 9.77. The van der Waals surface area contributed by atoms with Crippen molar-refractivity contribution < 1.29 is 4.74 Å². The SMILES string of the molecule is N#CC1C(=N)Oc2ccc3cc(Br)ccc3c2C1c1ccncc1. The van der Waals surface area contributed by atoms with Crippen LogP contribution in [-0.4, -0.2) is 10.9 Å². The zero-order valence-corrected chi connectivity index (χ0v) is 14.1. The number of fused-ring (bicyclic) bond motifs is 3. The van der Waals surface area contributed by atoms with Crippen molar-refractivity contribution in [1.29, 1.82) is 10.7 Å². The highest BCUT2D eigenvalue weighted by Gasteiger charge is 2.37. The summed E-state index contributed by atoms with van der Waals surface area (Å²) in [6.45, 7) is 0. The molecule has 4 rings (SSSR count). The summed E-state index contributed by atoms with van der Waals surface area (Å²) in [7, 11) is 0. The Hall–Kier alpha value is -2.71. The minimum atomic E-state index is -0.658. The van der Waals surface area contributed by atoms with Crippen LogP contribution in [0.25, 0.3) is 10.8 Å². The number of hydrogen-bond donors (Lipinski definition) is 1. The molecule has 1 aliphatic heterocycles. The number of benzene rings is 2. The van der Waals surface area contributed by atoms with E-state index in [9.17, 15) is 5.26 Å². The van der Waals surface area contributed by atoms with Crippen molar-refractivity contribution in [2.45, 2.75) is 5.92 Å². The zero-order valence-electron chi connectivity index (χ0n) is 12.5. The first-order valence-electron chi connectivity index (χ1n) is 7.47. The van der Waals surface area contributed by atoms with Gasteiger partial charge >= 0.3 is 0 Å². The Balaban J connectivity index is 2.05. The van der Waals surface area contributed by atoms with E-state index in [-0.39, 0.29) is 11.8 Å². The van der Waals surface area contributed by atoms with Gasteiger partial charge in [0.1, 0.15) is 11.7 Å². The molecule has 0 saturated heterocycles. The van der Waals surface area contributed by atoms with Gasteiger partial charge in [0.15, 0.2) is 0 Å². The fourth-order valence-electron chi connectivity index (χ4n) is 3.28. The largest absolute Gasteiger partial charge is 0.442 e. The maximum absolute atomic E-state index is 9.64. The summed E-state index contributed by atoms with van der Waals surface area (Å²) in [4.78, 5) is 4.07. The second-order valence-corrected chi connectivity index (χ2v) is 6.59. The van der Waals surface area contributed by atoms with Crippen molar-refractivity contribution in [3.05, 3.63) is 70.5 Å². The Labute approximate surface area is 147 Å². The first-order valence-corrected chi connectivity index (χ1v) is 8.26. The average Bonchev–Trinajstić information content (AvgIpc) is 2.61. The van der Waals surface area contributed by atoms with Gasteiger partial charge in [0.2, 0.25) is 5.90 Å². The number of rotatable bonds is 1. The highest BCUT2D eigenvalue weighted by molar-refractivity contribution is 9.10. The van der Waals surface area contributed by atoms with Crippen LogP contribution in [0.4, 0.5) is 0 Å². The lowest BCUT2D eigenvalue weighted by Gasteiger charge is -2.31. The molecule has 0 aliphatic carbocycles. The summed E-state index contributed by atoms with van der Waals surface area (Å²) in [5.41, 5.74) is 1.91. The summed E-state index contributed by atoms with van der Waals surface area (Å²) in [6.07, 6.45) is 3.43. The Morgan fingerprint density at radius 3 is 2.67 bits per heavy atom.